The number of para-hydroxylation sites is 1. The van der Waals surface area contributed by atoms with Crippen LogP contribution in [0.15, 0.2) is 48.5 Å². The summed E-state index contributed by atoms with van der Waals surface area (Å²) in [4.78, 5) is 14.9. The van der Waals surface area contributed by atoms with Gasteiger partial charge in [0, 0.05) is 20.8 Å². The Labute approximate surface area is 159 Å². The summed E-state index contributed by atoms with van der Waals surface area (Å²) < 4.78 is 16.6. The van der Waals surface area contributed by atoms with Crippen molar-refractivity contribution < 1.29 is 19.0 Å². The van der Waals surface area contributed by atoms with E-state index in [1.165, 1.54) is 0 Å². The van der Waals surface area contributed by atoms with Crippen LogP contribution in [0.5, 0.6) is 5.75 Å². The molecule has 0 saturated carbocycles. The zero-order valence-corrected chi connectivity index (χ0v) is 15.8. The number of likely N-dealkylation sites (tertiary alicyclic amines) is 1. The molecule has 2 N–H and O–H groups in total. The Hall–Kier alpha value is -2.57. The summed E-state index contributed by atoms with van der Waals surface area (Å²) in [6.45, 7) is 1.05. The molecule has 144 valence electrons. The van der Waals surface area contributed by atoms with E-state index in [1.807, 2.05) is 30.3 Å². The third-order valence-electron chi connectivity index (χ3n) is 4.87. The van der Waals surface area contributed by atoms with Gasteiger partial charge in [-0.15, -0.1) is 0 Å². The number of hydrogen-bond donors (Lipinski definition) is 1. The van der Waals surface area contributed by atoms with Crippen molar-refractivity contribution in [3.05, 3.63) is 59.7 Å². The van der Waals surface area contributed by atoms with Crippen molar-refractivity contribution in [1.29, 1.82) is 0 Å². The van der Waals surface area contributed by atoms with Gasteiger partial charge < -0.3 is 24.8 Å². The first kappa shape index (κ1) is 19.2. The fraction of sp³-hybridized carbons (Fsp3) is 0.381. The number of amides is 1. The van der Waals surface area contributed by atoms with Crippen LogP contribution < -0.4 is 10.5 Å². The summed E-state index contributed by atoms with van der Waals surface area (Å²) in [6, 6.07) is 15.0. The van der Waals surface area contributed by atoms with Gasteiger partial charge in [0.1, 0.15) is 12.4 Å². The number of hydrogen-bond acceptors (Lipinski definition) is 5. The fourth-order valence-corrected chi connectivity index (χ4v) is 3.48. The largest absolute Gasteiger partial charge is 0.487 e. The van der Waals surface area contributed by atoms with Gasteiger partial charge in [-0.05, 0) is 30.5 Å². The topological polar surface area (TPSA) is 74.0 Å². The first-order valence-electron chi connectivity index (χ1n) is 9.07. The van der Waals surface area contributed by atoms with Gasteiger partial charge in [0.15, 0.2) is 6.29 Å². The number of rotatable bonds is 7. The molecule has 0 aliphatic carbocycles. The minimum absolute atomic E-state index is 0.124. The van der Waals surface area contributed by atoms with Gasteiger partial charge in [-0.3, -0.25) is 4.79 Å². The number of carbonyl (C=O) groups is 1. The molecule has 6 heteroatoms. The minimum Gasteiger partial charge on any atom is -0.487 e. The second kappa shape index (κ2) is 8.88. The molecule has 1 fully saturated rings. The zero-order valence-electron chi connectivity index (χ0n) is 15.8. The quantitative estimate of drug-likeness (QED) is 0.599. The van der Waals surface area contributed by atoms with Crippen LogP contribution in [0, 0.1) is 0 Å². The second-order valence-corrected chi connectivity index (χ2v) is 6.54. The molecular weight excluding hydrogens is 344 g/mol. The number of nitrogens with two attached hydrogens (primary N) is 1. The smallest absolute Gasteiger partial charge is 0.256 e. The normalized spacial score (nSPS) is 16.7. The summed E-state index contributed by atoms with van der Waals surface area (Å²) in [5, 5.41) is 0. The first-order valence-corrected chi connectivity index (χ1v) is 9.07. The van der Waals surface area contributed by atoms with Crippen LogP contribution >= 0.6 is 0 Å². The molecule has 0 bridgehead atoms. The molecule has 1 saturated heterocycles. The standard InChI is InChI=1S/C21H26N2O4/c1-25-21(26-2)17-11-7-13-23(17)20(24)16-10-6-12-18(19(16)22)27-14-15-8-4-3-5-9-15/h3-6,8-10,12,17,21H,7,11,13-14,22H2,1-2H3/t17-/m0/s1. The molecule has 6 nitrogen and oxygen atoms in total. The predicted octanol–water partition coefficient (Wildman–Crippen LogP) is 3.07. The molecule has 1 aliphatic heterocycles. The fourth-order valence-electron chi connectivity index (χ4n) is 3.48. The SMILES string of the molecule is COC(OC)[C@@H]1CCCN1C(=O)c1cccc(OCc2ccccc2)c1N. The van der Waals surface area contributed by atoms with E-state index in [4.69, 9.17) is 19.9 Å². The van der Waals surface area contributed by atoms with E-state index >= 15 is 0 Å². The monoisotopic (exact) mass is 370 g/mol. The average Bonchev–Trinajstić information content (AvgIpc) is 3.18. The summed E-state index contributed by atoms with van der Waals surface area (Å²) in [7, 11) is 3.17. The van der Waals surface area contributed by atoms with Crippen LogP contribution in [-0.2, 0) is 16.1 Å². The van der Waals surface area contributed by atoms with E-state index in [2.05, 4.69) is 0 Å². The Kier molecular flexibility index (Phi) is 6.32. The highest BCUT2D eigenvalue weighted by atomic mass is 16.7. The minimum atomic E-state index is -0.449. The van der Waals surface area contributed by atoms with Crippen molar-refractivity contribution in [1.82, 2.24) is 4.90 Å². The van der Waals surface area contributed by atoms with Crippen molar-refractivity contribution >= 4 is 11.6 Å². The van der Waals surface area contributed by atoms with E-state index in [9.17, 15) is 4.79 Å². The van der Waals surface area contributed by atoms with E-state index in [1.54, 1.807) is 37.3 Å². The molecule has 2 aromatic rings. The number of nitrogens with zero attached hydrogens (tertiary/aromatic N) is 1. The Bertz CT molecular complexity index is 762. The predicted molar refractivity (Wildman–Crippen MR) is 103 cm³/mol. The molecule has 27 heavy (non-hydrogen) atoms. The molecule has 1 aliphatic rings. The molecule has 1 atom stereocenters. The lowest BCUT2D eigenvalue weighted by Crippen LogP contribution is -2.44. The van der Waals surface area contributed by atoms with Crippen LogP contribution in [0.25, 0.3) is 0 Å². The van der Waals surface area contributed by atoms with Crippen molar-refractivity contribution in [2.24, 2.45) is 0 Å². The highest BCUT2D eigenvalue weighted by molar-refractivity contribution is 6.00. The summed E-state index contributed by atoms with van der Waals surface area (Å²) in [5.41, 5.74) is 8.11. The van der Waals surface area contributed by atoms with E-state index in [-0.39, 0.29) is 11.9 Å². The molecule has 1 heterocycles. The average molecular weight is 370 g/mol. The maximum absolute atomic E-state index is 13.1. The Balaban J connectivity index is 1.77. The van der Waals surface area contributed by atoms with Crippen LogP contribution in [0.3, 0.4) is 0 Å². The van der Waals surface area contributed by atoms with Gasteiger partial charge in [-0.25, -0.2) is 0 Å². The van der Waals surface area contributed by atoms with E-state index in [0.717, 1.165) is 18.4 Å². The molecule has 1 amide bonds. The number of carbonyl (C=O) groups excluding carboxylic acids is 1. The lowest BCUT2D eigenvalue weighted by atomic mass is 10.1. The van der Waals surface area contributed by atoms with Crippen LogP contribution in [0.1, 0.15) is 28.8 Å². The van der Waals surface area contributed by atoms with E-state index in [0.29, 0.717) is 30.2 Å². The van der Waals surface area contributed by atoms with Gasteiger partial charge in [0.2, 0.25) is 0 Å². The van der Waals surface area contributed by atoms with E-state index < -0.39 is 6.29 Å². The van der Waals surface area contributed by atoms with Crippen molar-refractivity contribution in [3.63, 3.8) is 0 Å². The number of benzene rings is 2. The molecule has 0 aromatic heterocycles. The zero-order chi connectivity index (χ0) is 19.2. The maximum atomic E-state index is 13.1. The maximum Gasteiger partial charge on any atom is 0.256 e. The number of methoxy groups -OCH3 is 2. The third-order valence-corrected chi connectivity index (χ3v) is 4.87. The number of anilines is 1. The van der Waals surface area contributed by atoms with Crippen molar-refractivity contribution in [2.75, 3.05) is 26.5 Å². The molecule has 2 aromatic carbocycles. The molecule has 3 rings (SSSR count). The van der Waals surface area contributed by atoms with Gasteiger partial charge in [-0.2, -0.15) is 0 Å². The highest BCUT2D eigenvalue weighted by Gasteiger charge is 2.36. The van der Waals surface area contributed by atoms with Gasteiger partial charge in [0.05, 0.1) is 17.3 Å². The van der Waals surface area contributed by atoms with Gasteiger partial charge in [-0.1, -0.05) is 36.4 Å². The number of ether oxygens (including phenoxy) is 3. The van der Waals surface area contributed by atoms with Crippen LogP contribution in [0.4, 0.5) is 5.69 Å². The molecule has 0 spiro atoms. The van der Waals surface area contributed by atoms with Crippen molar-refractivity contribution in [3.8, 4) is 5.75 Å². The lowest BCUT2D eigenvalue weighted by molar-refractivity contribution is -0.134. The summed E-state index contributed by atoms with van der Waals surface area (Å²) in [5.74, 6) is 0.384. The summed E-state index contributed by atoms with van der Waals surface area (Å²) in [6.07, 6.45) is 1.29. The molecule has 0 unspecified atom stereocenters. The Morgan fingerprint density at radius 1 is 1.15 bits per heavy atom. The third kappa shape index (κ3) is 4.23. The van der Waals surface area contributed by atoms with Gasteiger partial charge in [0.25, 0.3) is 5.91 Å². The Morgan fingerprint density at radius 2 is 1.89 bits per heavy atom. The highest BCUT2D eigenvalue weighted by Crippen LogP contribution is 2.30. The second-order valence-electron chi connectivity index (χ2n) is 6.54. The van der Waals surface area contributed by atoms with Crippen molar-refractivity contribution in [2.45, 2.75) is 31.8 Å². The number of nitrogen functional groups attached to an aromatic ring is 1. The first-order chi connectivity index (χ1) is 13.2. The van der Waals surface area contributed by atoms with Crippen LogP contribution in [0.2, 0.25) is 0 Å². The lowest BCUT2D eigenvalue weighted by Gasteiger charge is -2.30. The van der Waals surface area contributed by atoms with Crippen LogP contribution in [-0.4, -0.2) is 43.9 Å². The molecular formula is C21H26N2O4. The van der Waals surface area contributed by atoms with Gasteiger partial charge >= 0.3 is 0 Å². The Morgan fingerprint density at radius 3 is 2.59 bits per heavy atom. The molecule has 0 radical (unpaired) electrons. The summed E-state index contributed by atoms with van der Waals surface area (Å²) >= 11 is 0.